The third-order valence-electron chi connectivity index (χ3n) is 4.37. The summed E-state index contributed by atoms with van der Waals surface area (Å²) >= 11 is 0. The Balaban J connectivity index is 2.08. The molecule has 1 rings (SSSR count). The van der Waals surface area contributed by atoms with E-state index in [9.17, 15) is 8.42 Å². The Hall–Kier alpha value is -0.0500. The van der Waals surface area contributed by atoms with E-state index in [-0.39, 0.29) is 10.5 Å². The van der Waals surface area contributed by atoms with Crippen molar-refractivity contribution in [1.82, 2.24) is 0 Å². The van der Waals surface area contributed by atoms with Crippen LogP contribution in [0.5, 0.6) is 0 Å². The fourth-order valence-electron chi connectivity index (χ4n) is 2.98. The van der Waals surface area contributed by atoms with Gasteiger partial charge < -0.3 is 0 Å². The van der Waals surface area contributed by atoms with Gasteiger partial charge in [-0.15, -0.1) is 0 Å². The highest BCUT2D eigenvalue weighted by molar-refractivity contribution is 7.99. The van der Waals surface area contributed by atoms with Crippen LogP contribution < -0.4 is 0 Å². The molecule has 2 unspecified atom stereocenters. The largest absolute Gasteiger partial charge is 0.228 e. The van der Waals surface area contributed by atoms with Crippen molar-refractivity contribution in [3.63, 3.8) is 0 Å². The molecule has 0 aromatic carbocycles. The summed E-state index contributed by atoms with van der Waals surface area (Å²) in [6.45, 7) is 4.42. The smallest absolute Gasteiger partial charge is 0.158 e. The van der Waals surface area contributed by atoms with Crippen LogP contribution in [0.1, 0.15) is 90.9 Å². The lowest BCUT2D eigenvalue weighted by molar-refractivity contribution is 0.578. The zero-order valence-corrected chi connectivity index (χ0v) is 13.7. The first kappa shape index (κ1) is 17.0. The maximum absolute atomic E-state index is 11.8. The van der Waals surface area contributed by atoms with Gasteiger partial charge in [0.1, 0.15) is 0 Å². The summed E-state index contributed by atoms with van der Waals surface area (Å²) in [5.41, 5.74) is 0. The summed E-state index contributed by atoms with van der Waals surface area (Å²) in [4.78, 5) is 0. The first-order valence-electron chi connectivity index (χ1n) is 8.37. The molecule has 2 nitrogen and oxygen atoms in total. The molecule has 0 saturated carbocycles. The molecule has 0 amide bonds. The predicted molar refractivity (Wildman–Crippen MR) is 83.2 cm³/mol. The maximum atomic E-state index is 11.8. The van der Waals surface area contributed by atoms with Gasteiger partial charge in [0.05, 0.1) is 10.5 Å². The van der Waals surface area contributed by atoms with E-state index in [1.807, 2.05) is 0 Å². The lowest BCUT2D eigenvalue weighted by Gasteiger charge is -1.99. The van der Waals surface area contributed by atoms with Gasteiger partial charge in [0, 0.05) is 0 Å². The fraction of sp³-hybridized carbons (Fsp3) is 1.00. The first-order valence-corrected chi connectivity index (χ1v) is 9.98. The van der Waals surface area contributed by atoms with Gasteiger partial charge >= 0.3 is 0 Å². The van der Waals surface area contributed by atoms with Crippen molar-refractivity contribution in [2.24, 2.45) is 0 Å². The van der Waals surface area contributed by atoms with Crippen LogP contribution in [-0.4, -0.2) is 18.9 Å². The third kappa shape index (κ3) is 5.85. The second-order valence-electron chi connectivity index (χ2n) is 6.07. The summed E-state index contributed by atoms with van der Waals surface area (Å²) in [7, 11) is -2.68. The van der Waals surface area contributed by atoms with Gasteiger partial charge in [-0.25, -0.2) is 8.42 Å². The van der Waals surface area contributed by atoms with E-state index in [2.05, 4.69) is 13.8 Å². The number of unbranched alkanes of at least 4 members (excludes halogenated alkanes) is 8. The van der Waals surface area contributed by atoms with E-state index in [1.165, 1.54) is 51.4 Å². The van der Waals surface area contributed by atoms with Crippen LogP contribution >= 0.6 is 0 Å². The van der Waals surface area contributed by atoms with Crippen molar-refractivity contribution in [2.75, 3.05) is 0 Å². The molecule has 19 heavy (non-hydrogen) atoms. The monoisotopic (exact) mass is 288 g/mol. The summed E-state index contributed by atoms with van der Waals surface area (Å²) in [5.74, 6) is 0. The second kappa shape index (κ2) is 8.99. The Bertz CT molecular complexity index is 296. The van der Waals surface area contributed by atoms with E-state index < -0.39 is 9.84 Å². The van der Waals surface area contributed by atoms with Crippen LogP contribution in [-0.2, 0) is 9.84 Å². The number of rotatable bonds is 12. The van der Waals surface area contributed by atoms with Gasteiger partial charge in [0.15, 0.2) is 9.84 Å². The van der Waals surface area contributed by atoms with Crippen molar-refractivity contribution >= 4 is 9.84 Å². The summed E-state index contributed by atoms with van der Waals surface area (Å²) < 4.78 is 23.7. The maximum Gasteiger partial charge on any atom is 0.158 e. The molecule has 2 atom stereocenters. The average Bonchev–Trinajstić information content (AvgIpc) is 2.90. The Morgan fingerprint density at radius 1 is 0.632 bits per heavy atom. The van der Waals surface area contributed by atoms with Crippen LogP contribution in [0, 0.1) is 0 Å². The Morgan fingerprint density at radius 2 is 1.00 bits per heavy atom. The van der Waals surface area contributed by atoms with Crippen molar-refractivity contribution in [3.05, 3.63) is 0 Å². The van der Waals surface area contributed by atoms with Gasteiger partial charge in [-0.1, -0.05) is 78.1 Å². The van der Waals surface area contributed by atoms with E-state index in [0.29, 0.717) is 0 Å². The molecule has 114 valence electrons. The zero-order chi connectivity index (χ0) is 14.1. The second-order valence-corrected chi connectivity index (χ2v) is 8.46. The van der Waals surface area contributed by atoms with Crippen LogP contribution in [0.25, 0.3) is 0 Å². The summed E-state index contributed by atoms with van der Waals surface area (Å²) in [5, 5.41) is 0.0561. The van der Waals surface area contributed by atoms with Crippen LogP contribution in [0.2, 0.25) is 0 Å². The van der Waals surface area contributed by atoms with Gasteiger partial charge in [0.2, 0.25) is 0 Å². The minimum Gasteiger partial charge on any atom is -0.228 e. The highest BCUT2D eigenvalue weighted by Crippen LogP contribution is 2.40. The molecule has 0 aliphatic carbocycles. The Morgan fingerprint density at radius 3 is 1.37 bits per heavy atom. The van der Waals surface area contributed by atoms with E-state index in [0.717, 1.165) is 25.7 Å². The van der Waals surface area contributed by atoms with Crippen molar-refractivity contribution in [2.45, 2.75) is 101 Å². The molecule has 0 bridgehead atoms. The molecule has 0 aromatic rings. The Labute approximate surface area is 120 Å². The van der Waals surface area contributed by atoms with Gasteiger partial charge in [-0.2, -0.15) is 0 Å². The molecule has 1 saturated heterocycles. The molecule has 0 aromatic heterocycles. The molecule has 1 heterocycles. The highest BCUT2D eigenvalue weighted by Gasteiger charge is 2.55. The predicted octanol–water partition coefficient (Wildman–Crippen LogP) is 4.87. The standard InChI is InChI=1S/C16H32O2S/c1-3-5-7-9-11-13-15-16(19(15,17)18)14-12-10-8-6-4-2/h15-16H,3-14H2,1-2H3. The van der Waals surface area contributed by atoms with Gasteiger partial charge in [0.25, 0.3) is 0 Å². The Kier molecular flexibility index (Phi) is 8.05. The van der Waals surface area contributed by atoms with Gasteiger partial charge in [-0.05, 0) is 12.8 Å². The topological polar surface area (TPSA) is 34.1 Å². The SMILES string of the molecule is CCCCCCCC1C(CCCCCCC)S1(=O)=O. The lowest BCUT2D eigenvalue weighted by atomic mass is 10.0. The molecule has 0 N–H and O–H groups in total. The molecule has 3 heteroatoms. The quantitative estimate of drug-likeness (QED) is 0.379. The van der Waals surface area contributed by atoms with Crippen molar-refractivity contribution in [1.29, 1.82) is 0 Å². The van der Waals surface area contributed by atoms with E-state index in [1.54, 1.807) is 0 Å². The minimum absolute atomic E-state index is 0.0281. The highest BCUT2D eigenvalue weighted by atomic mass is 32.2. The van der Waals surface area contributed by atoms with E-state index in [4.69, 9.17) is 0 Å². The summed E-state index contributed by atoms with van der Waals surface area (Å²) in [6.07, 6.45) is 14.1. The van der Waals surface area contributed by atoms with Crippen molar-refractivity contribution < 1.29 is 8.42 Å². The fourth-order valence-corrected chi connectivity index (χ4v) is 5.28. The first-order chi connectivity index (χ1) is 9.14. The van der Waals surface area contributed by atoms with Crippen molar-refractivity contribution in [3.8, 4) is 0 Å². The van der Waals surface area contributed by atoms with Crippen LogP contribution in [0.3, 0.4) is 0 Å². The van der Waals surface area contributed by atoms with Crippen LogP contribution in [0.4, 0.5) is 0 Å². The number of hydrogen-bond acceptors (Lipinski definition) is 2. The lowest BCUT2D eigenvalue weighted by Crippen LogP contribution is -1.94. The molecule has 0 radical (unpaired) electrons. The number of sulfone groups is 1. The number of hydrogen-bond donors (Lipinski definition) is 0. The van der Waals surface area contributed by atoms with E-state index >= 15 is 0 Å². The normalized spacial score (nSPS) is 24.5. The molecule has 1 fully saturated rings. The summed E-state index contributed by atoms with van der Waals surface area (Å²) in [6, 6.07) is 0. The minimum atomic E-state index is -2.68. The van der Waals surface area contributed by atoms with Gasteiger partial charge in [-0.3, -0.25) is 0 Å². The zero-order valence-electron chi connectivity index (χ0n) is 12.9. The average molecular weight is 288 g/mol. The molecular weight excluding hydrogens is 256 g/mol. The molecule has 1 aliphatic heterocycles. The molecular formula is C16H32O2S. The third-order valence-corrected chi connectivity index (χ3v) is 6.87. The van der Waals surface area contributed by atoms with Crippen LogP contribution in [0.15, 0.2) is 0 Å². The molecule has 1 aliphatic rings. The molecule has 0 spiro atoms.